The summed E-state index contributed by atoms with van der Waals surface area (Å²) in [6.45, 7) is 0.683. The van der Waals surface area contributed by atoms with E-state index in [2.05, 4.69) is 15.4 Å². The molecule has 0 amide bonds. The van der Waals surface area contributed by atoms with E-state index >= 15 is 0 Å². The molecule has 1 fully saturated rings. The highest BCUT2D eigenvalue weighted by Gasteiger charge is 2.25. The topological polar surface area (TPSA) is 64.7 Å². The first-order chi connectivity index (χ1) is 9.24. The first-order valence-electron chi connectivity index (χ1n) is 6.52. The van der Waals surface area contributed by atoms with Crippen LogP contribution in [0.15, 0.2) is 29.6 Å². The summed E-state index contributed by atoms with van der Waals surface area (Å²) < 4.78 is 3.55. The molecule has 0 saturated heterocycles. The van der Waals surface area contributed by atoms with Gasteiger partial charge in [-0.1, -0.05) is 0 Å². The number of anilines is 1. The largest absolute Gasteiger partial charge is 0.365 e. The minimum Gasteiger partial charge on any atom is -0.365 e. The molecule has 6 heteroatoms. The number of nitrogens with one attached hydrogen (secondary N) is 1. The molecule has 1 saturated carbocycles. The van der Waals surface area contributed by atoms with Crippen LogP contribution in [0, 0.1) is 0 Å². The van der Waals surface area contributed by atoms with Crippen molar-refractivity contribution < 1.29 is 0 Å². The molecule has 2 aromatic heterocycles. The molecule has 0 radical (unpaired) electrons. The molecule has 6 nitrogen and oxygen atoms in total. The minimum absolute atomic E-state index is 0.0174. The fourth-order valence-electron chi connectivity index (χ4n) is 2.11. The lowest BCUT2D eigenvalue weighted by Gasteiger charge is -2.07. The Labute approximate surface area is 111 Å². The normalized spacial score (nSPS) is 14.6. The van der Waals surface area contributed by atoms with Gasteiger partial charge in [0.2, 0.25) is 0 Å². The van der Waals surface area contributed by atoms with Crippen molar-refractivity contribution in [2.24, 2.45) is 7.05 Å². The number of aromatic nitrogens is 4. The van der Waals surface area contributed by atoms with E-state index in [1.807, 2.05) is 19.4 Å². The Morgan fingerprint density at radius 3 is 3.00 bits per heavy atom. The molecule has 19 heavy (non-hydrogen) atoms. The average molecular weight is 259 g/mol. The van der Waals surface area contributed by atoms with Crippen LogP contribution in [0.4, 0.5) is 5.82 Å². The fourth-order valence-corrected chi connectivity index (χ4v) is 2.11. The minimum atomic E-state index is -0.0174. The lowest BCUT2D eigenvalue weighted by atomic mass is 10.2. The number of nitrogens with zero attached hydrogens (tertiary/aromatic N) is 4. The highest BCUT2D eigenvalue weighted by molar-refractivity contribution is 5.31. The van der Waals surface area contributed by atoms with E-state index in [1.165, 1.54) is 0 Å². The van der Waals surface area contributed by atoms with Crippen molar-refractivity contribution in [3.05, 3.63) is 40.7 Å². The molecule has 0 atom stereocenters. The molecule has 0 spiro atoms. The van der Waals surface area contributed by atoms with Gasteiger partial charge >= 0.3 is 0 Å². The molecule has 0 aliphatic heterocycles. The first kappa shape index (κ1) is 12.0. The zero-order valence-electron chi connectivity index (χ0n) is 10.9. The fraction of sp³-hybridized carbons (Fsp3) is 0.462. The second-order valence-electron chi connectivity index (χ2n) is 4.92. The molecule has 0 aromatic carbocycles. The van der Waals surface area contributed by atoms with E-state index in [-0.39, 0.29) is 5.56 Å². The van der Waals surface area contributed by atoms with Crippen LogP contribution in [-0.2, 0) is 13.5 Å². The molecule has 2 aromatic rings. The summed E-state index contributed by atoms with van der Waals surface area (Å²) in [6.07, 6.45) is 10.3. The van der Waals surface area contributed by atoms with E-state index in [1.54, 1.807) is 21.6 Å². The number of aryl methyl sites for hydroxylation is 1. The average Bonchev–Trinajstić information content (AvgIpc) is 3.15. The summed E-state index contributed by atoms with van der Waals surface area (Å²) in [5.74, 6) is 0.443. The van der Waals surface area contributed by atoms with Crippen LogP contribution in [0.3, 0.4) is 0 Å². The molecule has 1 aliphatic rings. The Kier molecular flexibility index (Phi) is 3.06. The molecule has 3 rings (SSSR count). The van der Waals surface area contributed by atoms with Gasteiger partial charge in [0.1, 0.15) is 0 Å². The van der Waals surface area contributed by atoms with Crippen molar-refractivity contribution in [3.63, 3.8) is 0 Å². The second-order valence-corrected chi connectivity index (χ2v) is 4.92. The van der Waals surface area contributed by atoms with Gasteiger partial charge in [-0.05, 0) is 24.8 Å². The maximum absolute atomic E-state index is 12.1. The maximum Gasteiger partial charge on any atom is 0.293 e. The highest BCUT2D eigenvalue weighted by atomic mass is 16.1. The highest BCUT2D eigenvalue weighted by Crippen LogP contribution is 2.33. The molecule has 1 aliphatic carbocycles. The van der Waals surface area contributed by atoms with Gasteiger partial charge in [0, 0.05) is 38.2 Å². The second kappa shape index (κ2) is 4.87. The van der Waals surface area contributed by atoms with Crippen molar-refractivity contribution in [1.29, 1.82) is 0 Å². The molecule has 1 N–H and O–H groups in total. The van der Waals surface area contributed by atoms with Crippen molar-refractivity contribution in [2.75, 3.05) is 11.9 Å². The molecule has 0 unspecified atom stereocenters. The van der Waals surface area contributed by atoms with Crippen molar-refractivity contribution in [1.82, 2.24) is 19.3 Å². The predicted octanol–water partition coefficient (Wildman–Crippen LogP) is 0.966. The van der Waals surface area contributed by atoms with E-state index in [4.69, 9.17) is 0 Å². The monoisotopic (exact) mass is 259 g/mol. The Morgan fingerprint density at radius 2 is 2.32 bits per heavy atom. The molecular formula is C13H17N5O. The van der Waals surface area contributed by atoms with Crippen LogP contribution in [-0.4, -0.2) is 25.9 Å². The third kappa shape index (κ3) is 2.67. The van der Waals surface area contributed by atoms with Crippen LogP contribution in [0.2, 0.25) is 0 Å². The van der Waals surface area contributed by atoms with E-state index in [0.717, 1.165) is 24.8 Å². The van der Waals surface area contributed by atoms with Gasteiger partial charge in [-0.2, -0.15) is 5.10 Å². The van der Waals surface area contributed by atoms with Crippen molar-refractivity contribution in [3.8, 4) is 0 Å². The summed E-state index contributed by atoms with van der Waals surface area (Å²) >= 11 is 0. The zero-order chi connectivity index (χ0) is 13.2. The van der Waals surface area contributed by atoms with Gasteiger partial charge in [-0.25, -0.2) is 4.98 Å². The molecule has 0 bridgehead atoms. The Balaban J connectivity index is 1.63. The van der Waals surface area contributed by atoms with Gasteiger partial charge in [0.15, 0.2) is 5.82 Å². The van der Waals surface area contributed by atoms with Crippen molar-refractivity contribution >= 4 is 5.82 Å². The third-order valence-electron chi connectivity index (χ3n) is 3.27. The summed E-state index contributed by atoms with van der Waals surface area (Å²) in [5, 5.41) is 7.23. The summed E-state index contributed by atoms with van der Waals surface area (Å²) in [7, 11) is 1.89. The van der Waals surface area contributed by atoms with Gasteiger partial charge in [-0.15, -0.1) is 0 Å². The summed E-state index contributed by atoms with van der Waals surface area (Å²) in [4.78, 5) is 16.2. The zero-order valence-corrected chi connectivity index (χ0v) is 10.9. The lowest BCUT2D eigenvalue weighted by Crippen LogP contribution is -2.24. The van der Waals surface area contributed by atoms with Crippen LogP contribution < -0.4 is 10.9 Å². The van der Waals surface area contributed by atoms with E-state index < -0.39 is 0 Å². The first-order valence-corrected chi connectivity index (χ1v) is 6.52. The van der Waals surface area contributed by atoms with E-state index in [9.17, 15) is 4.79 Å². The van der Waals surface area contributed by atoms with Gasteiger partial charge in [0.25, 0.3) is 5.56 Å². The standard InChI is InChI=1S/C13H17N5O/c1-17-9-10(8-16-17)4-5-14-12-13(19)18(7-6-15-12)11-2-3-11/h6-9,11H,2-5H2,1H3,(H,14,15). The van der Waals surface area contributed by atoms with Gasteiger partial charge < -0.3 is 9.88 Å². The summed E-state index contributed by atoms with van der Waals surface area (Å²) in [5.41, 5.74) is 1.13. The van der Waals surface area contributed by atoms with Crippen LogP contribution in [0.25, 0.3) is 0 Å². The SMILES string of the molecule is Cn1cc(CCNc2nccn(C3CC3)c2=O)cn1. The Hall–Kier alpha value is -2.11. The van der Waals surface area contributed by atoms with Gasteiger partial charge in [0.05, 0.1) is 6.20 Å². The van der Waals surface area contributed by atoms with Crippen LogP contribution >= 0.6 is 0 Å². The Morgan fingerprint density at radius 1 is 1.47 bits per heavy atom. The van der Waals surface area contributed by atoms with E-state index in [0.29, 0.717) is 18.4 Å². The van der Waals surface area contributed by atoms with Gasteiger partial charge in [-0.3, -0.25) is 9.48 Å². The molecule has 100 valence electrons. The number of hydrogen-bond donors (Lipinski definition) is 1. The number of rotatable bonds is 5. The smallest absolute Gasteiger partial charge is 0.293 e. The van der Waals surface area contributed by atoms with Crippen LogP contribution in [0.5, 0.6) is 0 Å². The quantitative estimate of drug-likeness (QED) is 0.869. The molecular weight excluding hydrogens is 242 g/mol. The lowest BCUT2D eigenvalue weighted by molar-refractivity contribution is 0.699. The maximum atomic E-state index is 12.1. The van der Waals surface area contributed by atoms with Crippen molar-refractivity contribution in [2.45, 2.75) is 25.3 Å². The summed E-state index contributed by atoms with van der Waals surface area (Å²) in [6, 6.07) is 0.384. The third-order valence-corrected chi connectivity index (χ3v) is 3.27. The predicted molar refractivity (Wildman–Crippen MR) is 72.2 cm³/mol. The van der Waals surface area contributed by atoms with Crippen LogP contribution in [0.1, 0.15) is 24.4 Å². The number of hydrogen-bond acceptors (Lipinski definition) is 4. The Bertz CT molecular complexity index is 626. The molecule has 2 heterocycles.